The molecule has 7 nitrogen and oxygen atoms in total. The van der Waals surface area contributed by atoms with Gasteiger partial charge in [0.25, 0.3) is 0 Å². The molecule has 7 heteroatoms. The van der Waals surface area contributed by atoms with Gasteiger partial charge in [0, 0.05) is 6.42 Å². The van der Waals surface area contributed by atoms with Crippen molar-refractivity contribution in [3.8, 4) is 0 Å². The number of hydrogen-bond acceptors (Lipinski definition) is 5. The summed E-state index contributed by atoms with van der Waals surface area (Å²) in [5.41, 5.74) is -0.304. The van der Waals surface area contributed by atoms with Crippen LogP contribution >= 0.6 is 0 Å². The van der Waals surface area contributed by atoms with Crippen molar-refractivity contribution in [3.05, 3.63) is 22.9 Å². The Morgan fingerprint density at radius 3 is 1.69 bits per heavy atom. The predicted molar refractivity (Wildman–Crippen MR) is 51.1 cm³/mol. The molecule has 0 unspecified atom stereocenters. The molecule has 0 saturated heterocycles. The van der Waals surface area contributed by atoms with Gasteiger partial charge in [-0.3, -0.25) is 5.32 Å². The van der Waals surface area contributed by atoms with Crippen molar-refractivity contribution in [3.63, 3.8) is 0 Å². The van der Waals surface area contributed by atoms with Crippen LogP contribution in [0.2, 0.25) is 0 Å². The van der Waals surface area contributed by atoms with Gasteiger partial charge < -0.3 is 19.7 Å². The lowest BCUT2D eigenvalue weighted by Gasteiger charge is -2.21. The number of carboxylic acids is 2. The molecular formula is C9H11NO6. The fraction of sp³-hybridized carbons (Fsp3) is 0.333. The zero-order valence-corrected chi connectivity index (χ0v) is 8.73. The number of rotatable bonds is 4. The van der Waals surface area contributed by atoms with Gasteiger partial charge in [0.05, 0.1) is 14.2 Å². The summed E-state index contributed by atoms with van der Waals surface area (Å²) in [5.74, 6) is -2.51. The molecule has 1 heterocycles. The molecule has 1 rings (SSSR count). The molecule has 0 aromatic heterocycles. The Hall–Kier alpha value is -2.18. The van der Waals surface area contributed by atoms with E-state index >= 15 is 0 Å². The molecule has 0 fully saturated rings. The molecule has 1 aliphatic heterocycles. The van der Waals surface area contributed by atoms with Gasteiger partial charge in [0.15, 0.2) is 0 Å². The van der Waals surface area contributed by atoms with Gasteiger partial charge in [0.1, 0.15) is 11.1 Å². The molecule has 0 saturated carbocycles. The van der Waals surface area contributed by atoms with Gasteiger partial charge >= 0.3 is 11.9 Å². The van der Waals surface area contributed by atoms with Crippen molar-refractivity contribution >= 4 is 11.9 Å². The smallest absolute Gasteiger partial charge is 0.337 e. The molecule has 0 aromatic rings. The Morgan fingerprint density at radius 1 is 1.06 bits per heavy atom. The van der Waals surface area contributed by atoms with Crippen LogP contribution in [0.3, 0.4) is 0 Å². The summed E-state index contributed by atoms with van der Waals surface area (Å²) in [6.45, 7) is 0. The minimum Gasteiger partial charge on any atom is -0.482 e. The monoisotopic (exact) mass is 229 g/mol. The summed E-state index contributed by atoms with van der Waals surface area (Å²) in [5, 5.41) is 20.2. The van der Waals surface area contributed by atoms with E-state index in [0.29, 0.717) is 0 Å². The predicted octanol–water partition coefficient (Wildman–Crippen LogP) is -0.135. The Labute approximate surface area is 91.0 Å². The number of hydrogen-bond donors (Lipinski definition) is 3. The Morgan fingerprint density at radius 2 is 1.44 bits per heavy atom. The van der Waals surface area contributed by atoms with Crippen LogP contribution in [0.1, 0.15) is 6.42 Å². The van der Waals surface area contributed by atoms with Crippen LogP contribution in [0, 0.1) is 0 Å². The topological polar surface area (TPSA) is 105 Å². The van der Waals surface area contributed by atoms with E-state index in [9.17, 15) is 9.59 Å². The van der Waals surface area contributed by atoms with Crippen LogP contribution in [0.4, 0.5) is 0 Å². The van der Waals surface area contributed by atoms with E-state index < -0.39 is 11.9 Å². The second kappa shape index (κ2) is 4.56. The maximum absolute atomic E-state index is 10.9. The highest BCUT2D eigenvalue weighted by Gasteiger charge is 2.29. The maximum Gasteiger partial charge on any atom is 0.337 e. The summed E-state index contributed by atoms with van der Waals surface area (Å²) >= 11 is 0. The summed E-state index contributed by atoms with van der Waals surface area (Å²) in [6, 6.07) is 0. The van der Waals surface area contributed by atoms with Gasteiger partial charge in [-0.25, -0.2) is 9.59 Å². The van der Waals surface area contributed by atoms with Gasteiger partial charge in [-0.2, -0.15) is 0 Å². The van der Waals surface area contributed by atoms with Crippen molar-refractivity contribution in [1.29, 1.82) is 0 Å². The number of carbonyl (C=O) groups is 2. The van der Waals surface area contributed by atoms with Gasteiger partial charge in [-0.1, -0.05) is 0 Å². The standard InChI is InChI=1S/C9H11NO6/c1-15-6-4(8(11)12)3-5(9(13)14)7(10-6)16-2/h10H,3H2,1-2H3,(H,11,12)(H,13,14). The summed E-state index contributed by atoms with van der Waals surface area (Å²) in [7, 11) is 2.56. The van der Waals surface area contributed by atoms with Crippen LogP contribution in [-0.4, -0.2) is 36.4 Å². The number of ether oxygens (including phenoxy) is 2. The number of methoxy groups -OCH3 is 2. The van der Waals surface area contributed by atoms with Gasteiger partial charge in [0.2, 0.25) is 11.8 Å². The third-order valence-electron chi connectivity index (χ3n) is 2.05. The van der Waals surface area contributed by atoms with E-state index in [-0.39, 0.29) is 29.3 Å². The van der Waals surface area contributed by atoms with Crippen molar-refractivity contribution in [1.82, 2.24) is 5.32 Å². The maximum atomic E-state index is 10.9. The minimum absolute atomic E-state index is 0.0191. The molecule has 3 N–H and O–H groups in total. The number of aliphatic carboxylic acids is 2. The summed E-state index contributed by atoms with van der Waals surface area (Å²) in [4.78, 5) is 21.7. The first-order valence-electron chi connectivity index (χ1n) is 4.29. The van der Waals surface area contributed by atoms with Crippen molar-refractivity contribution in [2.45, 2.75) is 6.42 Å². The van der Waals surface area contributed by atoms with E-state index in [0.717, 1.165) is 0 Å². The second-order valence-electron chi connectivity index (χ2n) is 2.94. The largest absolute Gasteiger partial charge is 0.482 e. The van der Waals surface area contributed by atoms with E-state index in [1.165, 1.54) is 14.2 Å². The molecule has 0 bridgehead atoms. The Kier molecular flexibility index (Phi) is 3.39. The average molecular weight is 229 g/mol. The molecule has 88 valence electrons. The number of carboxylic acid groups (broad SMARTS) is 2. The molecule has 16 heavy (non-hydrogen) atoms. The third kappa shape index (κ3) is 2.08. The summed E-state index contributed by atoms with van der Waals surface area (Å²) in [6.07, 6.45) is -0.260. The van der Waals surface area contributed by atoms with Crippen molar-refractivity contribution < 1.29 is 29.3 Å². The highest BCUT2D eigenvalue weighted by Crippen LogP contribution is 2.23. The fourth-order valence-electron chi connectivity index (χ4n) is 1.29. The molecule has 0 aromatic carbocycles. The Balaban J connectivity index is 3.11. The number of dihydropyridines is 1. The molecule has 0 atom stereocenters. The quantitative estimate of drug-likeness (QED) is 0.616. The average Bonchev–Trinajstić information content (AvgIpc) is 2.26. The third-order valence-corrected chi connectivity index (χ3v) is 2.05. The molecule has 1 aliphatic rings. The van der Waals surface area contributed by atoms with Crippen LogP contribution < -0.4 is 5.32 Å². The highest BCUT2D eigenvalue weighted by molar-refractivity contribution is 5.94. The highest BCUT2D eigenvalue weighted by atomic mass is 16.5. The van der Waals surface area contributed by atoms with Crippen LogP contribution in [0.15, 0.2) is 22.9 Å². The van der Waals surface area contributed by atoms with Crippen molar-refractivity contribution in [2.75, 3.05) is 14.2 Å². The fourth-order valence-corrected chi connectivity index (χ4v) is 1.29. The lowest BCUT2D eigenvalue weighted by atomic mass is 10.0. The van der Waals surface area contributed by atoms with Crippen LogP contribution in [0.25, 0.3) is 0 Å². The molecule has 0 amide bonds. The van der Waals surface area contributed by atoms with E-state index in [1.54, 1.807) is 0 Å². The first-order valence-corrected chi connectivity index (χ1v) is 4.29. The SMILES string of the molecule is COC1=C(C(=O)O)CC(C(=O)O)=C(OC)N1. The van der Waals surface area contributed by atoms with E-state index in [4.69, 9.17) is 19.7 Å². The Bertz CT molecular complexity index is 359. The lowest BCUT2D eigenvalue weighted by molar-refractivity contribution is -0.133. The van der Waals surface area contributed by atoms with E-state index in [2.05, 4.69) is 5.32 Å². The zero-order valence-electron chi connectivity index (χ0n) is 8.73. The molecular weight excluding hydrogens is 218 g/mol. The first kappa shape index (κ1) is 11.9. The van der Waals surface area contributed by atoms with Crippen LogP contribution in [0.5, 0.6) is 0 Å². The summed E-state index contributed by atoms with van der Waals surface area (Å²) < 4.78 is 9.61. The normalized spacial score (nSPS) is 15.6. The van der Waals surface area contributed by atoms with Gasteiger partial charge in [-0.15, -0.1) is 0 Å². The lowest BCUT2D eigenvalue weighted by Crippen LogP contribution is -2.29. The minimum atomic E-state index is -1.24. The van der Waals surface area contributed by atoms with Gasteiger partial charge in [-0.05, 0) is 0 Å². The van der Waals surface area contributed by atoms with E-state index in [1.807, 2.05) is 0 Å². The van der Waals surface area contributed by atoms with Crippen molar-refractivity contribution in [2.24, 2.45) is 0 Å². The first-order chi connectivity index (χ1) is 7.51. The molecule has 0 radical (unpaired) electrons. The number of nitrogens with one attached hydrogen (secondary N) is 1. The molecule has 0 aliphatic carbocycles. The second-order valence-corrected chi connectivity index (χ2v) is 2.94. The zero-order chi connectivity index (χ0) is 12.3. The molecule has 0 spiro atoms. The van der Waals surface area contributed by atoms with Crippen LogP contribution in [-0.2, 0) is 19.1 Å².